The van der Waals surface area contributed by atoms with E-state index in [-0.39, 0.29) is 35.1 Å². The fourth-order valence-electron chi connectivity index (χ4n) is 13.4. The van der Waals surface area contributed by atoms with Crippen LogP contribution in [-0.2, 0) is 9.53 Å². The number of carbonyl (C=O) groups is 1. The fraction of sp³-hybridized carbons (Fsp3) is 0.927. The molecule has 0 aromatic rings. The summed E-state index contributed by atoms with van der Waals surface area (Å²) in [5, 5.41) is 52.3. The second-order valence-electron chi connectivity index (χ2n) is 19.3. The lowest BCUT2D eigenvalue weighted by molar-refractivity contribution is -0.166. The van der Waals surface area contributed by atoms with Gasteiger partial charge in [0.1, 0.15) is 12.2 Å². The standard InChI is InChI=1S/C41H68N2O6/c1-6-16-40(47,35-34(49-35)38(5,46)36(2,3)17-11-25-15-21-43-33(42)22-25)32-14-20-41(48)29-24-31(45)30-23-27(44)12-19-39(30,26-9-7-8-10-26)28(29)13-18-37(32,41)4/h24-28,30,32-35,43-44,46-48H,6-23,42H2,1-5H3/t25?,27-,28+,30+,32+,33?,34-,35+,37+,38-,39-,40+,41-/m0/s1. The highest BCUT2D eigenvalue weighted by Gasteiger charge is 2.74. The van der Waals surface area contributed by atoms with Crippen molar-refractivity contribution in [1.82, 2.24) is 5.32 Å². The number of hydrogen-bond acceptors (Lipinski definition) is 8. The molecule has 0 spiro atoms. The van der Waals surface area contributed by atoms with E-state index in [0.717, 1.165) is 82.7 Å². The molecule has 8 heteroatoms. The molecule has 2 heterocycles. The number of ether oxygens (including phenoxy) is 1. The molecule has 5 aliphatic carbocycles. The van der Waals surface area contributed by atoms with Crippen molar-refractivity contribution >= 4 is 5.78 Å². The zero-order valence-corrected chi connectivity index (χ0v) is 31.2. The van der Waals surface area contributed by atoms with E-state index >= 15 is 0 Å². The van der Waals surface area contributed by atoms with Gasteiger partial charge in [0.25, 0.3) is 0 Å². The van der Waals surface area contributed by atoms with Crippen LogP contribution in [0.1, 0.15) is 144 Å². The Morgan fingerprint density at radius 2 is 1.69 bits per heavy atom. The van der Waals surface area contributed by atoms with E-state index < -0.39 is 45.9 Å². The first-order valence-electron chi connectivity index (χ1n) is 20.3. The number of fused-ring (bicyclic) bond motifs is 5. The van der Waals surface area contributed by atoms with Crippen molar-refractivity contribution in [3.8, 4) is 0 Å². The zero-order chi connectivity index (χ0) is 35.2. The number of hydrogen-bond donors (Lipinski definition) is 6. The van der Waals surface area contributed by atoms with Crippen LogP contribution < -0.4 is 11.1 Å². The van der Waals surface area contributed by atoms with Gasteiger partial charge in [-0.25, -0.2) is 0 Å². The van der Waals surface area contributed by atoms with Crippen LogP contribution in [0.15, 0.2) is 11.6 Å². The molecule has 278 valence electrons. The highest BCUT2D eigenvalue weighted by molar-refractivity contribution is 5.95. The topological polar surface area (TPSA) is 149 Å². The third-order valence-corrected chi connectivity index (χ3v) is 16.7. The number of nitrogens with one attached hydrogen (secondary N) is 1. The van der Waals surface area contributed by atoms with Crippen LogP contribution in [0.5, 0.6) is 0 Å². The molecule has 7 aliphatic rings. The molecule has 0 aromatic carbocycles. The number of aliphatic hydroxyl groups is 4. The second kappa shape index (κ2) is 12.6. The number of carbonyl (C=O) groups excluding carboxylic acids is 1. The molecule has 6 fully saturated rings. The van der Waals surface area contributed by atoms with E-state index in [1.165, 1.54) is 12.8 Å². The average Bonchev–Trinajstić information content (AvgIpc) is 3.59. The Balaban J connectivity index is 1.15. The number of nitrogens with two attached hydrogens (primary N) is 1. The summed E-state index contributed by atoms with van der Waals surface area (Å²) >= 11 is 0. The van der Waals surface area contributed by atoms with E-state index in [4.69, 9.17) is 10.5 Å². The Hall–Kier alpha value is -0.870. The molecule has 4 saturated carbocycles. The van der Waals surface area contributed by atoms with E-state index in [1.54, 1.807) is 0 Å². The fourth-order valence-corrected chi connectivity index (χ4v) is 13.4. The molecular weight excluding hydrogens is 616 g/mol. The van der Waals surface area contributed by atoms with Gasteiger partial charge in [-0.15, -0.1) is 0 Å². The van der Waals surface area contributed by atoms with Crippen LogP contribution in [0.2, 0.25) is 0 Å². The van der Waals surface area contributed by atoms with Gasteiger partial charge < -0.3 is 36.2 Å². The van der Waals surface area contributed by atoms with Crippen molar-refractivity contribution in [3.05, 3.63) is 11.6 Å². The number of ketones is 1. The Bertz CT molecular complexity index is 1290. The molecule has 2 aliphatic heterocycles. The van der Waals surface area contributed by atoms with Crippen LogP contribution in [0.3, 0.4) is 0 Å². The lowest BCUT2D eigenvalue weighted by Crippen LogP contribution is -2.63. The smallest absolute Gasteiger partial charge is 0.159 e. The third kappa shape index (κ3) is 5.50. The predicted molar refractivity (Wildman–Crippen MR) is 190 cm³/mol. The highest BCUT2D eigenvalue weighted by Crippen LogP contribution is 2.72. The van der Waals surface area contributed by atoms with Gasteiger partial charge in [-0.05, 0) is 150 Å². The molecule has 0 radical (unpaired) electrons. The third-order valence-electron chi connectivity index (χ3n) is 16.7. The van der Waals surface area contributed by atoms with Crippen LogP contribution in [0.25, 0.3) is 0 Å². The molecule has 0 amide bonds. The van der Waals surface area contributed by atoms with Gasteiger partial charge in [0.2, 0.25) is 0 Å². The van der Waals surface area contributed by atoms with Crippen LogP contribution in [-0.4, -0.2) is 74.0 Å². The van der Waals surface area contributed by atoms with Gasteiger partial charge in [0.05, 0.1) is 29.1 Å². The number of epoxide rings is 1. The highest BCUT2D eigenvalue weighted by atomic mass is 16.6. The van der Waals surface area contributed by atoms with E-state index in [9.17, 15) is 25.2 Å². The lowest BCUT2D eigenvalue weighted by Gasteiger charge is -2.63. The van der Waals surface area contributed by atoms with Gasteiger partial charge >= 0.3 is 0 Å². The predicted octanol–water partition coefficient (Wildman–Crippen LogP) is 5.53. The first-order valence-corrected chi connectivity index (χ1v) is 20.3. The van der Waals surface area contributed by atoms with Gasteiger partial charge in [0, 0.05) is 11.3 Å². The Morgan fingerprint density at radius 3 is 2.39 bits per heavy atom. The summed E-state index contributed by atoms with van der Waals surface area (Å²) in [6, 6.07) is 0. The number of aliphatic hydroxyl groups excluding tert-OH is 1. The Morgan fingerprint density at radius 1 is 0.959 bits per heavy atom. The number of allylic oxidation sites excluding steroid dienone is 1. The monoisotopic (exact) mass is 685 g/mol. The number of piperidine rings is 1. The van der Waals surface area contributed by atoms with Gasteiger partial charge in [-0.2, -0.15) is 0 Å². The average molecular weight is 685 g/mol. The van der Waals surface area contributed by atoms with Crippen molar-refractivity contribution in [3.63, 3.8) is 0 Å². The molecule has 0 aromatic heterocycles. The van der Waals surface area contributed by atoms with Gasteiger partial charge in [-0.3, -0.25) is 4.79 Å². The van der Waals surface area contributed by atoms with E-state index in [1.807, 2.05) is 13.0 Å². The minimum absolute atomic E-state index is 0.0387. The van der Waals surface area contributed by atoms with E-state index in [2.05, 4.69) is 33.0 Å². The second-order valence-corrected chi connectivity index (χ2v) is 19.3. The minimum Gasteiger partial charge on any atom is -0.393 e. The summed E-state index contributed by atoms with van der Waals surface area (Å²) in [5.74, 6) is 0.865. The maximum atomic E-state index is 14.1. The summed E-state index contributed by atoms with van der Waals surface area (Å²) in [7, 11) is 0. The van der Waals surface area contributed by atoms with Gasteiger partial charge in [0.15, 0.2) is 5.78 Å². The summed E-state index contributed by atoms with van der Waals surface area (Å²) in [4.78, 5) is 14.1. The molecule has 2 saturated heterocycles. The molecule has 13 atom stereocenters. The lowest BCUT2D eigenvalue weighted by atomic mass is 9.42. The molecule has 2 unspecified atom stereocenters. The summed E-state index contributed by atoms with van der Waals surface area (Å²) in [6.07, 6.45) is 15.4. The van der Waals surface area contributed by atoms with E-state index in [0.29, 0.717) is 37.5 Å². The summed E-state index contributed by atoms with van der Waals surface area (Å²) < 4.78 is 6.45. The molecule has 7 rings (SSSR count). The molecule has 7 N–H and O–H groups in total. The SMILES string of the molecule is CCC[C@](O)([C@@H]1O[C@@H]1[C@](C)(O)C(C)(C)CCC1CCNC(N)C1)[C@@H]1CC[C@]2(O)C3=CC(=O)[C@H]4C[C@@H](O)CC[C@]4(C4CCCC4)[C@@H]3CC[C@]12C. The maximum Gasteiger partial charge on any atom is 0.159 e. The maximum absolute atomic E-state index is 14.1. The van der Waals surface area contributed by atoms with Crippen molar-refractivity contribution < 1.29 is 30.0 Å². The van der Waals surface area contributed by atoms with Crippen molar-refractivity contribution in [2.24, 2.45) is 51.6 Å². The largest absolute Gasteiger partial charge is 0.393 e. The zero-order valence-electron chi connectivity index (χ0n) is 31.2. The first kappa shape index (κ1) is 36.5. The van der Waals surface area contributed by atoms with Crippen LogP contribution in [0, 0.1) is 45.8 Å². The quantitative estimate of drug-likeness (QED) is 0.165. The molecule has 8 nitrogen and oxygen atoms in total. The molecule has 0 bridgehead atoms. The Kier molecular flexibility index (Phi) is 9.40. The first-order chi connectivity index (χ1) is 23.0. The minimum atomic E-state index is -1.20. The molecule has 49 heavy (non-hydrogen) atoms. The van der Waals surface area contributed by atoms with Crippen molar-refractivity contribution in [2.75, 3.05) is 6.54 Å². The van der Waals surface area contributed by atoms with Gasteiger partial charge in [-0.1, -0.05) is 47.0 Å². The van der Waals surface area contributed by atoms with Crippen LogP contribution >= 0.6 is 0 Å². The normalized spacial score (nSPS) is 46.7. The Labute approximate surface area is 295 Å². The van der Waals surface area contributed by atoms with Crippen molar-refractivity contribution in [2.45, 2.75) is 185 Å². The summed E-state index contributed by atoms with van der Waals surface area (Å²) in [5.41, 5.74) is 2.37. The molecular formula is C41H68N2O6. The van der Waals surface area contributed by atoms with Crippen molar-refractivity contribution in [1.29, 1.82) is 0 Å². The number of rotatable bonds is 10. The summed E-state index contributed by atoms with van der Waals surface area (Å²) in [6.45, 7) is 11.4. The van der Waals surface area contributed by atoms with Crippen LogP contribution in [0.4, 0.5) is 0 Å².